The zero-order chi connectivity index (χ0) is 22.3. The number of ether oxygens (including phenoxy) is 2. The van der Waals surface area contributed by atoms with Crippen LogP contribution >= 0.6 is 11.3 Å². The van der Waals surface area contributed by atoms with Crippen LogP contribution in [0.25, 0.3) is 11.3 Å². The van der Waals surface area contributed by atoms with Crippen molar-refractivity contribution in [1.29, 1.82) is 0 Å². The van der Waals surface area contributed by atoms with Gasteiger partial charge in [-0.1, -0.05) is 13.0 Å². The normalized spacial score (nSPS) is 15.3. The van der Waals surface area contributed by atoms with E-state index in [0.717, 1.165) is 29.8 Å². The number of nitrogens with zero attached hydrogens (tertiary/aromatic N) is 1. The molecular weight excluding hydrogens is 426 g/mol. The minimum absolute atomic E-state index is 0.185. The lowest BCUT2D eigenvalue weighted by Crippen LogP contribution is -2.27. The number of aromatic nitrogens is 1. The van der Waals surface area contributed by atoms with Gasteiger partial charge in [0.15, 0.2) is 5.13 Å². The lowest BCUT2D eigenvalue weighted by molar-refractivity contribution is -0.124. The van der Waals surface area contributed by atoms with E-state index in [1.54, 1.807) is 24.3 Å². The van der Waals surface area contributed by atoms with Crippen LogP contribution in [0.4, 0.5) is 10.8 Å². The molecule has 8 heteroatoms. The highest BCUT2D eigenvalue weighted by molar-refractivity contribution is 7.14. The second-order valence-corrected chi connectivity index (χ2v) is 8.29. The summed E-state index contributed by atoms with van der Waals surface area (Å²) in [6, 6.07) is 14.6. The highest BCUT2D eigenvalue weighted by Gasteiger charge is 2.23. The highest BCUT2D eigenvalue weighted by Crippen LogP contribution is 2.27. The van der Waals surface area contributed by atoms with Gasteiger partial charge in [0.1, 0.15) is 11.9 Å². The molecule has 2 aromatic carbocycles. The van der Waals surface area contributed by atoms with Crippen LogP contribution in [0.2, 0.25) is 0 Å². The number of benzene rings is 2. The van der Waals surface area contributed by atoms with Gasteiger partial charge in [-0.05, 0) is 61.7 Å². The molecule has 2 heterocycles. The molecule has 0 aliphatic carbocycles. The molecule has 3 aromatic rings. The molecule has 1 aliphatic rings. The molecule has 1 saturated heterocycles. The number of hydrogen-bond acceptors (Lipinski definition) is 6. The molecular formula is C24H25N3O4S. The summed E-state index contributed by atoms with van der Waals surface area (Å²) in [6.45, 7) is 3.36. The van der Waals surface area contributed by atoms with Crippen LogP contribution in [-0.2, 0) is 9.53 Å². The van der Waals surface area contributed by atoms with Gasteiger partial charge in [0.25, 0.3) is 11.8 Å². The monoisotopic (exact) mass is 451 g/mol. The van der Waals surface area contributed by atoms with Gasteiger partial charge in [-0.25, -0.2) is 4.98 Å². The Labute approximate surface area is 190 Å². The van der Waals surface area contributed by atoms with Crippen molar-refractivity contribution in [3.63, 3.8) is 0 Å². The fourth-order valence-corrected chi connectivity index (χ4v) is 4.03. The number of carbonyl (C=O) groups is 2. The number of carbonyl (C=O) groups excluding carboxylic acids is 2. The molecule has 4 rings (SSSR count). The Balaban J connectivity index is 1.38. The Bertz CT molecular complexity index is 1070. The highest BCUT2D eigenvalue weighted by atomic mass is 32.1. The first-order valence-corrected chi connectivity index (χ1v) is 11.5. The van der Waals surface area contributed by atoms with Gasteiger partial charge in [0.2, 0.25) is 0 Å². The zero-order valence-electron chi connectivity index (χ0n) is 17.8. The average molecular weight is 452 g/mol. The summed E-state index contributed by atoms with van der Waals surface area (Å²) in [5.74, 6) is 0.351. The first kappa shape index (κ1) is 22.0. The van der Waals surface area contributed by atoms with E-state index in [2.05, 4.69) is 22.5 Å². The van der Waals surface area contributed by atoms with Crippen molar-refractivity contribution in [3.8, 4) is 17.0 Å². The number of nitrogens with one attached hydrogen (secondary N) is 2. The molecule has 1 aliphatic heterocycles. The summed E-state index contributed by atoms with van der Waals surface area (Å²) >= 11 is 1.36. The first-order chi connectivity index (χ1) is 15.6. The molecule has 2 amide bonds. The lowest BCUT2D eigenvalue weighted by Gasteiger charge is -2.11. The van der Waals surface area contributed by atoms with Crippen LogP contribution < -0.4 is 15.4 Å². The van der Waals surface area contributed by atoms with E-state index in [4.69, 9.17) is 9.47 Å². The summed E-state index contributed by atoms with van der Waals surface area (Å²) < 4.78 is 11.0. The van der Waals surface area contributed by atoms with Crippen molar-refractivity contribution >= 4 is 34.0 Å². The Morgan fingerprint density at radius 3 is 2.78 bits per heavy atom. The SMILES string of the molecule is CCCOc1ccc(-c2csc(NC(=O)c3cccc(NC(=O)C4CCCO4)c3)n2)cc1. The molecule has 0 spiro atoms. The summed E-state index contributed by atoms with van der Waals surface area (Å²) in [5, 5.41) is 8.05. The Morgan fingerprint density at radius 2 is 2.03 bits per heavy atom. The number of hydrogen-bond donors (Lipinski definition) is 2. The maximum atomic E-state index is 12.7. The molecule has 1 fully saturated rings. The van der Waals surface area contributed by atoms with Crippen LogP contribution in [-0.4, -0.2) is 36.1 Å². The summed E-state index contributed by atoms with van der Waals surface area (Å²) in [4.78, 5) is 29.5. The molecule has 0 bridgehead atoms. The van der Waals surface area contributed by atoms with Crippen LogP contribution in [0.3, 0.4) is 0 Å². The minimum Gasteiger partial charge on any atom is -0.494 e. The van der Waals surface area contributed by atoms with Crippen molar-refractivity contribution in [1.82, 2.24) is 4.98 Å². The summed E-state index contributed by atoms with van der Waals surface area (Å²) in [7, 11) is 0. The van der Waals surface area contributed by atoms with Gasteiger partial charge in [-0.15, -0.1) is 11.3 Å². The molecule has 32 heavy (non-hydrogen) atoms. The maximum absolute atomic E-state index is 12.7. The predicted octanol–water partition coefficient (Wildman–Crippen LogP) is 4.97. The van der Waals surface area contributed by atoms with E-state index in [0.29, 0.717) is 36.0 Å². The predicted molar refractivity (Wildman–Crippen MR) is 125 cm³/mol. The first-order valence-electron chi connectivity index (χ1n) is 10.6. The molecule has 0 radical (unpaired) electrons. The fraction of sp³-hybridized carbons (Fsp3) is 0.292. The quantitative estimate of drug-likeness (QED) is 0.505. The van der Waals surface area contributed by atoms with Crippen LogP contribution in [0.15, 0.2) is 53.9 Å². The zero-order valence-corrected chi connectivity index (χ0v) is 18.6. The van der Waals surface area contributed by atoms with Crippen molar-refractivity contribution in [3.05, 3.63) is 59.5 Å². The second-order valence-electron chi connectivity index (χ2n) is 7.44. The van der Waals surface area contributed by atoms with Gasteiger partial charge < -0.3 is 14.8 Å². The summed E-state index contributed by atoms with van der Waals surface area (Å²) in [6.07, 6.45) is 2.13. The van der Waals surface area contributed by atoms with Gasteiger partial charge in [0, 0.05) is 28.8 Å². The van der Waals surface area contributed by atoms with E-state index < -0.39 is 6.10 Å². The number of anilines is 2. The Hall–Kier alpha value is -3.23. The third-order valence-corrected chi connectivity index (χ3v) is 5.72. The minimum atomic E-state index is -0.423. The van der Waals surface area contributed by atoms with E-state index in [1.165, 1.54) is 11.3 Å². The number of rotatable bonds is 8. The van der Waals surface area contributed by atoms with Crippen LogP contribution in [0, 0.1) is 0 Å². The van der Waals surface area contributed by atoms with Gasteiger partial charge in [-0.2, -0.15) is 0 Å². The van der Waals surface area contributed by atoms with E-state index in [1.807, 2.05) is 29.6 Å². The molecule has 7 nitrogen and oxygen atoms in total. The van der Waals surface area contributed by atoms with Gasteiger partial charge >= 0.3 is 0 Å². The maximum Gasteiger partial charge on any atom is 0.257 e. The molecule has 0 saturated carbocycles. The molecule has 1 aromatic heterocycles. The molecule has 1 unspecified atom stereocenters. The van der Waals surface area contributed by atoms with Crippen molar-refractivity contribution in [2.45, 2.75) is 32.3 Å². The van der Waals surface area contributed by atoms with Crippen molar-refractivity contribution in [2.24, 2.45) is 0 Å². The van der Waals surface area contributed by atoms with Crippen LogP contribution in [0.1, 0.15) is 36.5 Å². The van der Waals surface area contributed by atoms with E-state index >= 15 is 0 Å². The topological polar surface area (TPSA) is 89.6 Å². The third-order valence-electron chi connectivity index (χ3n) is 4.96. The lowest BCUT2D eigenvalue weighted by atomic mass is 10.1. The number of amides is 2. The number of thiazole rings is 1. The van der Waals surface area contributed by atoms with E-state index in [9.17, 15) is 9.59 Å². The Morgan fingerprint density at radius 1 is 1.19 bits per heavy atom. The van der Waals surface area contributed by atoms with E-state index in [-0.39, 0.29) is 11.8 Å². The average Bonchev–Trinajstić information content (AvgIpc) is 3.51. The van der Waals surface area contributed by atoms with Crippen molar-refractivity contribution in [2.75, 3.05) is 23.8 Å². The van der Waals surface area contributed by atoms with Gasteiger partial charge in [0.05, 0.1) is 12.3 Å². The second kappa shape index (κ2) is 10.4. The standard InChI is InChI=1S/C24H25N3O4S/c1-2-12-30-19-10-8-16(9-11-19)20-15-32-24(26-20)27-22(28)17-5-3-6-18(14-17)25-23(29)21-7-4-13-31-21/h3,5-6,8-11,14-15,21H,2,4,7,12-13H2,1H3,(H,25,29)(H,26,27,28). The molecule has 2 N–H and O–H groups in total. The fourth-order valence-electron chi connectivity index (χ4n) is 3.32. The Kier molecular flexibility index (Phi) is 7.14. The molecule has 1 atom stereocenters. The third kappa shape index (κ3) is 5.52. The summed E-state index contributed by atoms with van der Waals surface area (Å²) in [5.41, 5.74) is 2.72. The van der Waals surface area contributed by atoms with Gasteiger partial charge in [-0.3, -0.25) is 14.9 Å². The largest absolute Gasteiger partial charge is 0.494 e. The smallest absolute Gasteiger partial charge is 0.257 e. The molecule has 166 valence electrons. The van der Waals surface area contributed by atoms with Crippen molar-refractivity contribution < 1.29 is 19.1 Å². The van der Waals surface area contributed by atoms with Crippen LogP contribution in [0.5, 0.6) is 5.75 Å².